The van der Waals surface area contributed by atoms with Gasteiger partial charge in [-0.25, -0.2) is 0 Å². The maximum Gasteiger partial charge on any atom is 0.268 e. The number of phosphoric ester groups is 1. The summed E-state index contributed by atoms with van der Waals surface area (Å²) in [4.78, 5) is 25.3. The second kappa shape index (κ2) is 43.7. The number of hydrogen-bond donors (Lipinski definition) is 2. The largest absolute Gasteiger partial charge is 0.756 e. The number of amides is 1. The maximum absolute atomic E-state index is 12.9. The minimum Gasteiger partial charge on any atom is -0.756 e. The fraction of sp³-hybridized carbons (Fsp3) is 0.980. The quantitative estimate of drug-likeness (QED) is 0.0358. The van der Waals surface area contributed by atoms with Gasteiger partial charge >= 0.3 is 0 Å². The molecule has 0 saturated heterocycles. The molecule has 0 aliphatic rings. The number of carbonyl (C=O) groups is 1. The summed E-state index contributed by atoms with van der Waals surface area (Å²) in [5.41, 5.74) is 0. The number of quaternary nitrogens is 1. The molecule has 9 heteroatoms. The van der Waals surface area contributed by atoms with E-state index in [0.29, 0.717) is 23.9 Å². The number of aliphatic hydroxyl groups excluding tert-OH is 1. The van der Waals surface area contributed by atoms with Gasteiger partial charge in [-0.1, -0.05) is 251 Å². The lowest BCUT2D eigenvalue weighted by atomic mass is 10.0. The summed E-state index contributed by atoms with van der Waals surface area (Å²) in [5, 5.41) is 13.9. The third-order valence-electron chi connectivity index (χ3n) is 12.3. The summed E-state index contributed by atoms with van der Waals surface area (Å²) >= 11 is 0. The van der Waals surface area contributed by atoms with Crippen molar-refractivity contribution < 1.29 is 32.9 Å². The second-order valence-corrected chi connectivity index (χ2v) is 21.0. The van der Waals surface area contributed by atoms with Gasteiger partial charge in [0.1, 0.15) is 13.2 Å². The van der Waals surface area contributed by atoms with Crippen molar-refractivity contribution >= 4 is 13.7 Å². The molecule has 0 fully saturated rings. The Morgan fingerprint density at radius 1 is 0.517 bits per heavy atom. The summed E-state index contributed by atoms with van der Waals surface area (Å²) in [6.07, 6.45) is 50.1. The van der Waals surface area contributed by atoms with E-state index in [-0.39, 0.29) is 19.1 Å². The van der Waals surface area contributed by atoms with Gasteiger partial charge in [0.25, 0.3) is 7.82 Å². The Balaban J connectivity index is 3.92. The first-order valence-corrected chi connectivity index (χ1v) is 27.8. The van der Waals surface area contributed by atoms with Crippen LogP contribution in [0.5, 0.6) is 0 Å². The molecule has 0 aromatic carbocycles. The monoisotopic (exact) mass is 873 g/mol. The highest BCUT2D eigenvalue weighted by atomic mass is 31.2. The minimum atomic E-state index is -4.55. The van der Waals surface area contributed by atoms with Crippen LogP contribution in [0.2, 0.25) is 0 Å². The molecule has 8 nitrogen and oxygen atoms in total. The summed E-state index contributed by atoms with van der Waals surface area (Å²) in [6.45, 7) is 4.73. The molecule has 360 valence electrons. The van der Waals surface area contributed by atoms with E-state index in [4.69, 9.17) is 9.05 Å². The first-order valence-electron chi connectivity index (χ1n) is 26.4. The van der Waals surface area contributed by atoms with E-state index in [1.807, 2.05) is 21.1 Å². The third-order valence-corrected chi connectivity index (χ3v) is 13.3. The van der Waals surface area contributed by atoms with Crippen LogP contribution in [-0.4, -0.2) is 68.5 Å². The predicted octanol–water partition coefficient (Wildman–Crippen LogP) is 14.7. The molecule has 2 N–H and O–H groups in total. The first-order chi connectivity index (χ1) is 29.0. The number of unbranched alkanes of at least 4 members (excludes halogenated alkanes) is 36. The Labute approximate surface area is 374 Å². The van der Waals surface area contributed by atoms with E-state index in [9.17, 15) is 19.4 Å². The SMILES string of the molecule is CCCCCCCCCCCCCCCCCCCCCCCCCCCCCCCC(=O)NC(COP(=O)([O-])OCC[N+](C)(C)C)C(O)CCCCCCCCCCC. The molecule has 1 amide bonds. The Morgan fingerprint density at radius 3 is 1.13 bits per heavy atom. The number of carbonyl (C=O) groups excluding carboxylic acids is 1. The van der Waals surface area contributed by atoms with Crippen LogP contribution in [0.25, 0.3) is 0 Å². The standard InChI is InChI=1S/C51H105N2O6P/c1-6-8-10-12-14-16-17-18-19-20-21-22-23-24-25-26-27-28-29-30-31-32-33-34-35-37-39-41-43-45-51(55)52-49(48-59-60(56,57)58-47-46-53(3,4)5)50(54)44-42-40-38-36-15-13-11-9-7-2/h49-50,54H,6-48H2,1-5H3,(H-,52,55,56,57). The molecular formula is C51H105N2O6P. The molecule has 0 aliphatic heterocycles. The molecule has 0 heterocycles. The van der Waals surface area contributed by atoms with Crippen LogP contribution in [0.1, 0.15) is 271 Å². The van der Waals surface area contributed by atoms with Crippen molar-refractivity contribution in [2.45, 2.75) is 283 Å². The lowest BCUT2D eigenvalue weighted by Crippen LogP contribution is -2.46. The highest BCUT2D eigenvalue weighted by Crippen LogP contribution is 2.38. The fourth-order valence-electron chi connectivity index (χ4n) is 8.16. The van der Waals surface area contributed by atoms with Crippen molar-refractivity contribution in [2.24, 2.45) is 0 Å². The smallest absolute Gasteiger partial charge is 0.268 e. The van der Waals surface area contributed by atoms with E-state index in [1.54, 1.807) is 0 Å². The van der Waals surface area contributed by atoms with Gasteiger partial charge in [0.15, 0.2) is 0 Å². The Hall–Kier alpha value is -0.500. The van der Waals surface area contributed by atoms with Crippen LogP contribution in [0.3, 0.4) is 0 Å². The van der Waals surface area contributed by atoms with Crippen molar-refractivity contribution in [1.29, 1.82) is 0 Å². The van der Waals surface area contributed by atoms with Gasteiger partial charge in [0.2, 0.25) is 5.91 Å². The van der Waals surface area contributed by atoms with Crippen LogP contribution in [0, 0.1) is 0 Å². The Morgan fingerprint density at radius 2 is 0.817 bits per heavy atom. The van der Waals surface area contributed by atoms with Gasteiger partial charge in [-0.05, 0) is 12.8 Å². The van der Waals surface area contributed by atoms with E-state index >= 15 is 0 Å². The molecule has 3 atom stereocenters. The average Bonchev–Trinajstić information content (AvgIpc) is 3.20. The van der Waals surface area contributed by atoms with Crippen molar-refractivity contribution in [3.8, 4) is 0 Å². The van der Waals surface area contributed by atoms with Crippen LogP contribution < -0.4 is 10.2 Å². The van der Waals surface area contributed by atoms with Crippen LogP contribution >= 0.6 is 7.82 Å². The zero-order valence-corrected chi connectivity index (χ0v) is 41.8. The van der Waals surface area contributed by atoms with Gasteiger partial charge in [-0.15, -0.1) is 0 Å². The zero-order valence-electron chi connectivity index (χ0n) is 40.9. The summed E-state index contributed by atoms with van der Waals surface area (Å²) in [5.74, 6) is -0.161. The Kier molecular flexibility index (Phi) is 43.4. The molecule has 0 saturated carbocycles. The van der Waals surface area contributed by atoms with Gasteiger partial charge in [0.05, 0.1) is 39.9 Å². The number of nitrogens with one attached hydrogen (secondary N) is 1. The van der Waals surface area contributed by atoms with Crippen LogP contribution in [-0.2, 0) is 18.4 Å². The molecule has 0 radical (unpaired) electrons. The molecule has 3 unspecified atom stereocenters. The normalized spacial score (nSPS) is 14.1. The highest BCUT2D eigenvalue weighted by molar-refractivity contribution is 7.45. The molecule has 0 aromatic rings. The van der Waals surface area contributed by atoms with Gasteiger partial charge in [-0.3, -0.25) is 9.36 Å². The molecule has 0 spiro atoms. The van der Waals surface area contributed by atoms with Gasteiger partial charge in [-0.2, -0.15) is 0 Å². The van der Waals surface area contributed by atoms with Gasteiger partial charge in [0, 0.05) is 6.42 Å². The number of aliphatic hydroxyl groups is 1. The number of phosphoric acid groups is 1. The van der Waals surface area contributed by atoms with Crippen molar-refractivity contribution in [1.82, 2.24) is 5.32 Å². The summed E-state index contributed by atoms with van der Waals surface area (Å²) < 4.78 is 23.3. The van der Waals surface area contributed by atoms with Crippen LogP contribution in [0.15, 0.2) is 0 Å². The topological polar surface area (TPSA) is 108 Å². The number of likely N-dealkylation sites (N-methyl/N-ethyl adjacent to an activating group) is 1. The lowest BCUT2D eigenvalue weighted by Gasteiger charge is -2.30. The third kappa shape index (κ3) is 45.5. The fourth-order valence-corrected chi connectivity index (χ4v) is 8.88. The molecule has 0 bridgehead atoms. The average molecular weight is 873 g/mol. The minimum absolute atomic E-state index is 0.0158. The molecule has 60 heavy (non-hydrogen) atoms. The highest BCUT2D eigenvalue weighted by Gasteiger charge is 2.24. The molecule has 0 rings (SSSR count). The maximum atomic E-state index is 12.9. The van der Waals surface area contributed by atoms with E-state index in [1.165, 1.54) is 205 Å². The summed E-state index contributed by atoms with van der Waals surface area (Å²) in [6, 6.07) is -0.792. The van der Waals surface area contributed by atoms with E-state index in [0.717, 1.165) is 38.5 Å². The molecule has 0 aromatic heterocycles. The first kappa shape index (κ1) is 59.5. The number of hydrogen-bond acceptors (Lipinski definition) is 6. The van der Waals surface area contributed by atoms with E-state index in [2.05, 4.69) is 19.2 Å². The lowest BCUT2D eigenvalue weighted by molar-refractivity contribution is -0.870. The van der Waals surface area contributed by atoms with Crippen LogP contribution in [0.4, 0.5) is 0 Å². The molecular weight excluding hydrogens is 768 g/mol. The molecule has 0 aliphatic carbocycles. The number of rotatable bonds is 49. The Bertz CT molecular complexity index is 947. The second-order valence-electron chi connectivity index (χ2n) is 19.6. The van der Waals surface area contributed by atoms with Gasteiger partial charge < -0.3 is 28.8 Å². The van der Waals surface area contributed by atoms with E-state index < -0.39 is 20.0 Å². The zero-order chi connectivity index (χ0) is 44.3. The summed E-state index contributed by atoms with van der Waals surface area (Å²) in [7, 11) is 1.32. The van der Waals surface area contributed by atoms with Crippen molar-refractivity contribution in [3.63, 3.8) is 0 Å². The van der Waals surface area contributed by atoms with Crippen molar-refractivity contribution in [2.75, 3.05) is 40.9 Å². The van der Waals surface area contributed by atoms with Crippen molar-refractivity contribution in [3.05, 3.63) is 0 Å². The predicted molar refractivity (Wildman–Crippen MR) is 256 cm³/mol. The number of nitrogens with zero attached hydrogens (tertiary/aromatic N) is 1.